The minimum Gasteiger partial charge on any atom is -0.294 e. The number of thioether (sulfide) groups is 1. The maximum atomic E-state index is 11.4. The highest BCUT2D eigenvalue weighted by atomic mass is 32.2. The summed E-state index contributed by atoms with van der Waals surface area (Å²) in [7, 11) is 0. The van der Waals surface area contributed by atoms with Gasteiger partial charge in [-0.25, -0.2) is 0 Å². The molecule has 0 unspecified atom stereocenters. The Morgan fingerprint density at radius 2 is 2.31 bits per heavy atom. The van der Waals surface area contributed by atoms with Crippen LogP contribution in [0.3, 0.4) is 0 Å². The number of benzene rings is 1. The zero-order valence-corrected chi connectivity index (χ0v) is 8.58. The van der Waals surface area contributed by atoms with Gasteiger partial charge in [-0.3, -0.25) is 4.79 Å². The van der Waals surface area contributed by atoms with Crippen molar-refractivity contribution < 1.29 is 4.79 Å². The number of Topliss-reactive ketones (excluding diaryl/α,β-unsaturated/α-hetero) is 1. The molecule has 0 fully saturated rings. The van der Waals surface area contributed by atoms with Crippen molar-refractivity contribution in [2.24, 2.45) is 0 Å². The van der Waals surface area contributed by atoms with E-state index < -0.39 is 0 Å². The van der Waals surface area contributed by atoms with E-state index in [0.717, 1.165) is 21.8 Å². The molecule has 1 nitrogen and oxygen atoms in total. The van der Waals surface area contributed by atoms with Gasteiger partial charge in [-0.2, -0.15) is 0 Å². The molecule has 0 amide bonds. The minimum absolute atomic E-state index is 0.254. The number of rotatable bonds is 1. The average molecular weight is 208 g/mol. The Morgan fingerprint density at radius 3 is 3.08 bits per heavy atom. The summed E-state index contributed by atoms with van der Waals surface area (Å²) in [5, 5.41) is 1.64. The Hall–Kier alpha value is -0.670. The van der Waals surface area contributed by atoms with Crippen molar-refractivity contribution in [1.29, 1.82) is 0 Å². The third-order valence-electron chi connectivity index (χ3n) is 2.03. The lowest BCUT2D eigenvalue weighted by Gasteiger charge is -2.13. The van der Waals surface area contributed by atoms with Gasteiger partial charge in [0.2, 0.25) is 0 Å². The average Bonchev–Trinajstić information content (AvgIpc) is 2.18. The Bertz CT molecular complexity index is 371. The molecule has 0 bridgehead atoms. The number of carbonyl (C=O) groups is 1. The van der Waals surface area contributed by atoms with Crippen molar-refractivity contribution >= 4 is 35.1 Å². The first-order chi connectivity index (χ1) is 6.31. The summed E-state index contributed by atoms with van der Waals surface area (Å²) >= 11 is 6.57. The van der Waals surface area contributed by atoms with Gasteiger partial charge in [0.25, 0.3) is 0 Å². The van der Waals surface area contributed by atoms with E-state index in [1.54, 1.807) is 17.1 Å². The molecule has 1 aliphatic heterocycles. The number of carbonyl (C=O) groups excluding carboxylic acids is 1. The molecule has 2 rings (SSSR count). The first-order valence-corrected chi connectivity index (χ1v) is 5.52. The molecule has 3 heteroatoms. The fourth-order valence-corrected chi connectivity index (χ4v) is 2.56. The van der Waals surface area contributed by atoms with Gasteiger partial charge in [0.1, 0.15) is 0 Å². The molecular weight excluding hydrogens is 200 g/mol. The Kier molecular flexibility index (Phi) is 2.47. The predicted molar refractivity (Wildman–Crippen MR) is 58.9 cm³/mol. The van der Waals surface area contributed by atoms with Crippen molar-refractivity contribution in [3.63, 3.8) is 0 Å². The topological polar surface area (TPSA) is 17.1 Å². The lowest BCUT2D eigenvalue weighted by atomic mass is 10.1. The molecule has 0 N–H and O–H groups in total. The number of thiocarbonyl (C=S) groups is 1. The van der Waals surface area contributed by atoms with Crippen LogP contribution in [-0.4, -0.2) is 16.9 Å². The van der Waals surface area contributed by atoms with Crippen molar-refractivity contribution in [2.45, 2.75) is 11.3 Å². The summed E-state index contributed by atoms with van der Waals surface area (Å²) in [6, 6.07) is 5.77. The molecular formula is C10H8OS2. The van der Waals surface area contributed by atoms with E-state index in [-0.39, 0.29) is 5.78 Å². The maximum Gasteiger partial charge on any atom is 0.164 e. The smallest absolute Gasteiger partial charge is 0.164 e. The van der Waals surface area contributed by atoms with E-state index in [1.165, 1.54) is 0 Å². The molecule has 1 aliphatic rings. The van der Waals surface area contributed by atoms with Crippen LogP contribution in [0.2, 0.25) is 0 Å². The van der Waals surface area contributed by atoms with Crippen LogP contribution < -0.4 is 0 Å². The van der Waals surface area contributed by atoms with E-state index in [9.17, 15) is 4.79 Å². The van der Waals surface area contributed by atoms with Crippen molar-refractivity contribution in [3.8, 4) is 0 Å². The van der Waals surface area contributed by atoms with Crippen LogP contribution in [0.15, 0.2) is 23.1 Å². The zero-order valence-electron chi connectivity index (χ0n) is 6.95. The van der Waals surface area contributed by atoms with E-state index in [2.05, 4.69) is 0 Å². The molecule has 0 saturated heterocycles. The Labute approximate surface area is 86.5 Å². The van der Waals surface area contributed by atoms with E-state index in [1.807, 2.05) is 18.2 Å². The standard InChI is InChI=1S/C10H8OS2/c11-9-3-4-13-10-5-7(6-12)1-2-8(9)10/h1-2,5-6H,3-4H2. The van der Waals surface area contributed by atoms with Crippen LogP contribution in [0.4, 0.5) is 0 Å². The van der Waals surface area contributed by atoms with Crippen molar-refractivity contribution in [2.75, 3.05) is 5.75 Å². The normalized spacial score (nSPS) is 15.2. The second kappa shape index (κ2) is 3.60. The fraction of sp³-hybridized carbons (Fsp3) is 0.200. The first-order valence-electron chi connectivity index (χ1n) is 4.06. The van der Waals surface area contributed by atoms with Crippen molar-refractivity contribution in [1.82, 2.24) is 0 Å². The number of hydrogen-bond donors (Lipinski definition) is 0. The third-order valence-corrected chi connectivity index (χ3v) is 3.36. The van der Waals surface area contributed by atoms with Gasteiger partial charge in [-0.05, 0) is 17.7 Å². The summed E-state index contributed by atoms with van der Waals surface area (Å²) in [4.78, 5) is 12.5. The molecule has 13 heavy (non-hydrogen) atoms. The van der Waals surface area contributed by atoms with E-state index in [0.29, 0.717) is 6.42 Å². The Morgan fingerprint density at radius 1 is 1.46 bits per heavy atom. The molecule has 0 aromatic heterocycles. The summed E-state index contributed by atoms with van der Waals surface area (Å²) < 4.78 is 0. The second-order valence-corrected chi connectivity index (χ2v) is 4.27. The minimum atomic E-state index is 0.254. The highest BCUT2D eigenvalue weighted by molar-refractivity contribution is 7.99. The maximum absolute atomic E-state index is 11.4. The van der Waals surface area contributed by atoms with Gasteiger partial charge in [-0.1, -0.05) is 18.3 Å². The van der Waals surface area contributed by atoms with Gasteiger partial charge in [0, 0.05) is 28.0 Å². The molecule has 0 radical (unpaired) electrons. The Balaban J connectivity index is 2.51. The second-order valence-electron chi connectivity index (χ2n) is 2.90. The zero-order chi connectivity index (χ0) is 9.26. The summed E-state index contributed by atoms with van der Waals surface area (Å²) in [5.74, 6) is 1.15. The van der Waals surface area contributed by atoms with Crippen LogP contribution in [0, 0.1) is 0 Å². The number of ketones is 1. The van der Waals surface area contributed by atoms with Crippen LogP contribution in [0.25, 0.3) is 0 Å². The quantitative estimate of drug-likeness (QED) is 0.661. The SMILES string of the molecule is O=C1CCSc2cc(C=S)ccc21. The molecule has 0 atom stereocenters. The molecule has 0 saturated carbocycles. The third kappa shape index (κ3) is 1.67. The van der Waals surface area contributed by atoms with Crippen LogP contribution >= 0.6 is 24.0 Å². The molecule has 0 spiro atoms. The van der Waals surface area contributed by atoms with Crippen LogP contribution in [0.5, 0.6) is 0 Å². The summed E-state index contributed by atoms with van der Waals surface area (Å²) in [6.07, 6.45) is 0.661. The first kappa shape index (κ1) is 8.91. The molecule has 1 heterocycles. The number of fused-ring (bicyclic) bond motifs is 1. The molecule has 1 aromatic carbocycles. The van der Waals surface area contributed by atoms with Crippen LogP contribution in [0.1, 0.15) is 22.3 Å². The van der Waals surface area contributed by atoms with Gasteiger partial charge < -0.3 is 0 Å². The number of hydrogen-bond acceptors (Lipinski definition) is 3. The lowest BCUT2D eigenvalue weighted by molar-refractivity contribution is 0.0985. The van der Waals surface area contributed by atoms with Crippen molar-refractivity contribution in [3.05, 3.63) is 29.3 Å². The van der Waals surface area contributed by atoms with E-state index >= 15 is 0 Å². The van der Waals surface area contributed by atoms with Gasteiger partial charge in [0.15, 0.2) is 5.78 Å². The molecule has 0 aliphatic carbocycles. The van der Waals surface area contributed by atoms with Crippen LogP contribution in [-0.2, 0) is 0 Å². The highest BCUT2D eigenvalue weighted by Gasteiger charge is 2.16. The molecule has 66 valence electrons. The van der Waals surface area contributed by atoms with Gasteiger partial charge in [-0.15, -0.1) is 11.8 Å². The largest absolute Gasteiger partial charge is 0.294 e. The molecule has 1 aromatic rings. The van der Waals surface area contributed by atoms with Gasteiger partial charge in [0.05, 0.1) is 0 Å². The fourth-order valence-electron chi connectivity index (χ4n) is 1.35. The highest BCUT2D eigenvalue weighted by Crippen LogP contribution is 2.30. The monoisotopic (exact) mass is 208 g/mol. The summed E-state index contributed by atoms with van der Waals surface area (Å²) in [6.45, 7) is 0. The lowest BCUT2D eigenvalue weighted by Crippen LogP contribution is -2.08. The van der Waals surface area contributed by atoms with Gasteiger partial charge >= 0.3 is 0 Å². The van der Waals surface area contributed by atoms with E-state index in [4.69, 9.17) is 12.2 Å². The predicted octanol–water partition coefficient (Wildman–Crippen LogP) is 2.71. The summed E-state index contributed by atoms with van der Waals surface area (Å²) in [5.41, 5.74) is 1.87.